The minimum absolute atomic E-state index is 0.174. The molecule has 3 aromatic carbocycles. The number of allylic oxidation sites excluding steroid dienone is 4. The molecule has 0 atom stereocenters. The van der Waals surface area contributed by atoms with Crippen LogP contribution in [0, 0.1) is 0 Å². The molecule has 2 heteroatoms. The third kappa shape index (κ3) is 3.54. The van der Waals surface area contributed by atoms with Crippen molar-refractivity contribution >= 4 is 0 Å². The van der Waals surface area contributed by atoms with Crippen LogP contribution in [0.5, 0.6) is 11.5 Å². The highest BCUT2D eigenvalue weighted by Gasteiger charge is 2.45. The Labute approximate surface area is 192 Å². The smallest absolute Gasteiger partial charge is 0.124 e. The van der Waals surface area contributed by atoms with Crippen molar-refractivity contribution in [3.63, 3.8) is 0 Å². The summed E-state index contributed by atoms with van der Waals surface area (Å²) >= 11 is 0. The minimum Gasteiger partial charge on any atom is -0.496 e. The van der Waals surface area contributed by atoms with E-state index in [1.807, 2.05) is 12.1 Å². The molecule has 4 rings (SSSR count). The van der Waals surface area contributed by atoms with Crippen LogP contribution in [0.25, 0.3) is 0 Å². The number of hydrogen-bond acceptors (Lipinski definition) is 2. The van der Waals surface area contributed by atoms with E-state index in [0.717, 1.165) is 29.0 Å². The lowest BCUT2D eigenvalue weighted by Gasteiger charge is -2.41. The Bertz CT molecular complexity index is 1090. The number of methoxy groups -OCH3 is 2. The zero-order valence-corrected chi connectivity index (χ0v) is 19.7. The van der Waals surface area contributed by atoms with Gasteiger partial charge in [-0.2, -0.15) is 0 Å². The second-order valence-electron chi connectivity index (χ2n) is 9.25. The van der Waals surface area contributed by atoms with E-state index in [2.05, 4.69) is 99.7 Å². The van der Waals surface area contributed by atoms with Gasteiger partial charge in [-0.3, -0.25) is 0 Å². The average molecular weight is 425 g/mol. The first kappa shape index (κ1) is 22.0. The zero-order chi connectivity index (χ0) is 22.8. The van der Waals surface area contributed by atoms with Gasteiger partial charge in [-0.05, 0) is 40.7 Å². The molecule has 0 spiro atoms. The molecule has 1 aliphatic rings. The van der Waals surface area contributed by atoms with E-state index < -0.39 is 5.41 Å². The molecule has 164 valence electrons. The predicted molar refractivity (Wildman–Crippen MR) is 133 cm³/mol. The van der Waals surface area contributed by atoms with Crippen LogP contribution < -0.4 is 9.47 Å². The molecule has 3 aromatic rings. The Hall–Kier alpha value is -3.26. The van der Waals surface area contributed by atoms with Gasteiger partial charge in [0.2, 0.25) is 0 Å². The molecule has 0 fully saturated rings. The fourth-order valence-electron chi connectivity index (χ4n) is 5.07. The highest BCUT2D eigenvalue weighted by atomic mass is 16.5. The van der Waals surface area contributed by atoms with E-state index in [1.165, 1.54) is 16.7 Å². The third-order valence-corrected chi connectivity index (χ3v) is 6.31. The summed E-state index contributed by atoms with van der Waals surface area (Å²) in [5, 5.41) is 0. The summed E-state index contributed by atoms with van der Waals surface area (Å²) in [5.41, 5.74) is 5.26. The van der Waals surface area contributed by atoms with Gasteiger partial charge in [0, 0.05) is 11.1 Å². The van der Waals surface area contributed by atoms with Gasteiger partial charge in [-0.25, -0.2) is 0 Å². The molecule has 1 aliphatic carbocycles. The van der Waals surface area contributed by atoms with Crippen LogP contribution >= 0.6 is 0 Å². The lowest BCUT2D eigenvalue weighted by atomic mass is 9.61. The van der Waals surface area contributed by atoms with Crippen molar-refractivity contribution in [1.29, 1.82) is 0 Å². The summed E-state index contributed by atoms with van der Waals surface area (Å²) in [6.07, 6.45) is 7.77. The van der Waals surface area contributed by atoms with Gasteiger partial charge in [0.25, 0.3) is 0 Å². The van der Waals surface area contributed by atoms with Crippen LogP contribution in [-0.4, -0.2) is 14.2 Å². The van der Waals surface area contributed by atoms with Gasteiger partial charge in [-0.1, -0.05) is 99.7 Å². The molecule has 0 unspecified atom stereocenters. The molecule has 0 radical (unpaired) electrons. The van der Waals surface area contributed by atoms with Crippen LogP contribution in [0.2, 0.25) is 0 Å². The van der Waals surface area contributed by atoms with Crippen molar-refractivity contribution < 1.29 is 9.47 Å². The van der Waals surface area contributed by atoms with Gasteiger partial charge in [0.05, 0.1) is 19.6 Å². The first-order valence-corrected chi connectivity index (χ1v) is 11.2. The fraction of sp³-hybridized carbons (Fsp3) is 0.267. The highest BCUT2D eigenvalue weighted by Crippen LogP contribution is 2.54. The lowest BCUT2D eigenvalue weighted by Crippen LogP contribution is -2.35. The third-order valence-electron chi connectivity index (χ3n) is 6.31. The van der Waals surface area contributed by atoms with E-state index in [-0.39, 0.29) is 5.41 Å². The number of hydrogen-bond donors (Lipinski definition) is 0. The fourth-order valence-corrected chi connectivity index (χ4v) is 5.07. The summed E-state index contributed by atoms with van der Waals surface area (Å²) in [6, 6.07) is 25.6. The lowest BCUT2D eigenvalue weighted by molar-refractivity contribution is 0.378. The van der Waals surface area contributed by atoms with Gasteiger partial charge < -0.3 is 9.47 Å². The standard InChI is InChI=1S/C30H32O2/c1-29(2,3)27-25(31-4)20-21-26(32-5)28(27)30(24-18-12-13-19-24,22-14-8-6-9-15-22)23-16-10-7-11-17-23/h6-12,14-21H,13H2,1-5H3. The Morgan fingerprint density at radius 1 is 0.656 bits per heavy atom. The van der Waals surface area contributed by atoms with E-state index in [1.54, 1.807) is 14.2 Å². The molecule has 0 amide bonds. The molecular formula is C30H32O2. The maximum absolute atomic E-state index is 6.08. The first-order chi connectivity index (χ1) is 15.4. The summed E-state index contributed by atoms with van der Waals surface area (Å²) < 4.78 is 12.0. The second kappa shape index (κ2) is 8.70. The molecule has 0 saturated heterocycles. The Kier molecular flexibility index (Phi) is 5.97. The minimum atomic E-state index is -0.544. The van der Waals surface area contributed by atoms with Gasteiger partial charge in [0.15, 0.2) is 0 Å². The predicted octanol–water partition coefficient (Wildman–Crippen LogP) is 7.22. The number of ether oxygens (including phenoxy) is 2. The van der Waals surface area contributed by atoms with Crippen LogP contribution in [-0.2, 0) is 10.8 Å². The topological polar surface area (TPSA) is 18.5 Å². The summed E-state index contributed by atoms with van der Waals surface area (Å²) in [7, 11) is 3.51. The SMILES string of the molecule is COc1ccc(OC)c(C(C2=CCC=C2)(c2ccccc2)c2ccccc2)c1C(C)(C)C. The van der Waals surface area contributed by atoms with Crippen molar-refractivity contribution in [2.45, 2.75) is 38.0 Å². The van der Waals surface area contributed by atoms with Gasteiger partial charge in [0.1, 0.15) is 11.5 Å². The highest BCUT2D eigenvalue weighted by molar-refractivity contribution is 5.70. The molecule has 2 nitrogen and oxygen atoms in total. The van der Waals surface area contributed by atoms with E-state index in [4.69, 9.17) is 9.47 Å². The van der Waals surface area contributed by atoms with E-state index in [0.29, 0.717) is 0 Å². The van der Waals surface area contributed by atoms with Crippen molar-refractivity contribution in [3.05, 3.63) is 119 Å². The van der Waals surface area contributed by atoms with E-state index >= 15 is 0 Å². The molecule has 0 aliphatic heterocycles. The van der Waals surface area contributed by atoms with Crippen LogP contribution in [0.1, 0.15) is 49.4 Å². The summed E-state index contributed by atoms with van der Waals surface area (Å²) in [6.45, 7) is 6.73. The monoisotopic (exact) mass is 424 g/mol. The molecule has 0 aromatic heterocycles. The van der Waals surface area contributed by atoms with Crippen molar-refractivity contribution in [1.82, 2.24) is 0 Å². The van der Waals surface area contributed by atoms with Crippen molar-refractivity contribution in [2.24, 2.45) is 0 Å². The Morgan fingerprint density at radius 3 is 1.56 bits per heavy atom. The Morgan fingerprint density at radius 2 is 1.16 bits per heavy atom. The molecular weight excluding hydrogens is 392 g/mol. The van der Waals surface area contributed by atoms with Crippen LogP contribution in [0.3, 0.4) is 0 Å². The second-order valence-corrected chi connectivity index (χ2v) is 9.25. The quantitative estimate of drug-likeness (QED) is 0.389. The number of rotatable bonds is 6. The first-order valence-electron chi connectivity index (χ1n) is 11.2. The summed E-state index contributed by atoms with van der Waals surface area (Å²) in [4.78, 5) is 0. The molecule has 0 N–H and O–H groups in total. The van der Waals surface area contributed by atoms with Crippen LogP contribution in [0.15, 0.2) is 96.6 Å². The maximum Gasteiger partial charge on any atom is 0.124 e. The normalized spacial score (nSPS) is 13.7. The van der Waals surface area contributed by atoms with Gasteiger partial charge >= 0.3 is 0 Å². The van der Waals surface area contributed by atoms with Gasteiger partial charge in [-0.15, -0.1) is 0 Å². The number of benzene rings is 3. The van der Waals surface area contributed by atoms with Crippen LogP contribution in [0.4, 0.5) is 0 Å². The average Bonchev–Trinajstić information content (AvgIpc) is 3.35. The van der Waals surface area contributed by atoms with Crippen molar-refractivity contribution in [2.75, 3.05) is 14.2 Å². The Balaban J connectivity index is 2.27. The van der Waals surface area contributed by atoms with E-state index in [9.17, 15) is 0 Å². The largest absolute Gasteiger partial charge is 0.496 e. The van der Waals surface area contributed by atoms with Crippen molar-refractivity contribution in [3.8, 4) is 11.5 Å². The molecule has 32 heavy (non-hydrogen) atoms. The molecule has 0 saturated carbocycles. The molecule has 0 bridgehead atoms. The molecule has 0 heterocycles. The zero-order valence-electron chi connectivity index (χ0n) is 19.7. The maximum atomic E-state index is 6.08. The summed E-state index contributed by atoms with van der Waals surface area (Å²) in [5.74, 6) is 1.75.